The monoisotopic (exact) mass is 373 g/mol. The molecule has 138 valence electrons. The van der Waals surface area contributed by atoms with E-state index >= 15 is 0 Å². The van der Waals surface area contributed by atoms with Crippen LogP contribution in [0.25, 0.3) is 0 Å². The third-order valence-corrected chi connectivity index (χ3v) is 5.54. The topological polar surface area (TPSA) is 64.6 Å². The van der Waals surface area contributed by atoms with Crippen molar-refractivity contribution in [3.63, 3.8) is 0 Å². The van der Waals surface area contributed by atoms with Gasteiger partial charge in [0, 0.05) is 4.88 Å². The highest BCUT2D eigenvalue weighted by Crippen LogP contribution is 2.32. The summed E-state index contributed by atoms with van der Waals surface area (Å²) in [5.74, 6) is 0.414. The van der Waals surface area contributed by atoms with Crippen LogP contribution in [0.2, 0.25) is 0 Å². The van der Waals surface area contributed by atoms with Crippen LogP contribution in [0.15, 0.2) is 30.3 Å². The average Bonchev–Trinajstić information content (AvgIpc) is 3.05. The van der Waals surface area contributed by atoms with E-state index < -0.39 is 5.97 Å². The summed E-state index contributed by atoms with van der Waals surface area (Å²) in [5.41, 5.74) is 1.81. The summed E-state index contributed by atoms with van der Waals surface area (Å²) < 4.78 is 10.7. The van der Waals surface area contributed by atoms with Crippen LogP contribution < -0.4 is 10.1 Å². The molecule has 26 heavy (non-hydrogen) atoms. The second kappa shape index (κ2) is 8.36. The molecule has 6 heteroatoms. The van der Waals surface area contributed by atoms with Crippen LogP contribution in [0.5, 0.6) is 5.75 Å². The SMILES string of the molecule is CCOc1ccccc1NC(=O)COC(=O)c1cc2c(s1)CCC(C)C2. The lowest BCUT2D eigenvalue weighted by Crippen LogP contribution is -2.21. The van der Waals surface area contributed by atoms with E-state index in [1.165, 1.54) is 21.8 Å². The summed E-state index contributed by atoms with van der Waals surface area (Å²) in [7, 11) is 0. The molecule has 0 aliphatic heterocycles. The molecule has 0 fully saturated rings. The zero-order valence-corrected chi connectivity index (χ0v) is 15.9. The molecule has 0 radical (unpaired) electrons. The molecule has 0 spiro atoms. The zero-order chi connectivity index (χ0) is 18.5. The number of para-hydroxylation sites is 2. The number of ether oxygens (including phenoxy) is 2. The van der Waals surface area contributed by atoms with Gasteiger partial charge in [-0.15, -0.1) is 11.3 Å². The Morgan fingerprint density at radius 2 is 2.12 bits per heavy atom. The fourth-order valence-electron chi connectivity index (χ4n) is 3.05. The molecule has 2 aromatic rings. The van der Waals surface area contributed by atoms with E-state index in [0.717, 1.165) is 19.3 Å². The van der Waals surface area contributed by atoms with Gasteiger partial charge < -0.3 is 14.8 Å². The van der Waals surface area contributed by atoms with E-state index in [4.69, 9.17) is 9.47 Å². The molecule has 1 aromatic carbocycles. The number of hydrogen-bond acceptors (Lipinski definition) is 5. The Kier molecular flexibility index (Phi) is 5.93. The molecule has 1 amide bonds. The molecule has 1 unspecified atom stereocenters. The smallest absolute Gasteiger partial charge is 0.348 e. The first kappa shape index (κ1) is 18.5. The maximum atomic E-state index is 12.3. The Labute approximate surface area is 157 Å². The molecule has 0 saturated heterocycles. The molecule has 1 aliphatic rings. The number of fused-ring (bicyclic) bond motifs is 1. The van der Waals surface area contributed by atoms with Gasteiger partial charge in [0.25, 0.3) is 5.91 Å². The molecule has 3 rings (SSSR count). The molecule has 1 aliphatic carbocycles. The Balaban J connectivity index is 1.56. The average molecular weight is 373 g/mol. The minimum atomic E-state index is -0.440. The van der Waals surface area contributed by atoms with Crippen molar-refractivity contribution in [1.82, 2.24) is 0 Å². The number of benzene rings is 1. The molecule has 1 N–H and O–H groups in total. The Morgan fingerprint density at radius 3 is 2.92 bits per heavy atom. The number of amides is 1. The summed E-state index contributed by atoms with van der Waals surface area (Å²) >= 11 is 1.48. The Bertz CT molecular complexity index is 799. The van der Waals surface area contributed by atoms with Crippen molar-refractivity contribution >= 4 is 28.9 Å². The van der Waals surface area contributed by atoms with E-state index in [0.29, 0.717) is 28.8 Å². The quantitative estimate of drug-likeness (QED) is 0.776. The largest absolute Gasteiger partial charge is 0.492 e. The number of carbonyl (C=O) groups is 2. The molecule has 0 saturated carbocycles. The number of carbonyl (C=O) groups excluding carboxylic acids is 2. The van der Waals surface area contributed by atoms with E-state index in [1.54, 1.807) is 18.2 Å². The fourth-order valence-corrected chi connectivity index (χ4v) is 4.15. The Morgan fingerprint density at radius 1 is 1.31 bits per heavy atom. The van der Waals surface area contributed by atoms with Gasteiger partial charge in [0.2, 0.25) is 0 Å². The summed E-state index contributed by atoms with van der Waals surface area (Å²) in [6, 6.07) is 9.09. The van der Waals surface area contributed by atoms with Gasteiger partial charge in [-0.3, -0.25) is 4.79 Å². The van der Waals surface area contributed by atoms with Crippen molar-refractivity contribution in [3.8, 4) is 5.75 Å². The van der Waals surface area contributed by atoms with Crippen LogP contribution in [0.3, 0.4) is 0 Å². The summed E-state index contributed by atoms with van der Waals surface area (Å²) in [6.45, 7) is 4.28. The lowest BCUT2D eigenvalue weighted by Gasteiger charge is -2.16. The van der Waals surface area contributed by atoms with Crippen LogP contribution in [0.1, 0.15) is 40.4 Å². The molecule has 1 atom stereocenters. The van der Waals surface area contributed by atoms with Crippen molar-refractivity contribution in [2.45, 2.75) is 33.1 Å². The lowest BCUT2D eigenvalue weighted by molar-refractivity contribution is -0.119. The first-order valence-corrected chi connectivity index (χ1v) is 9.68. The molecule has 1 heterocycles. The number of nitrogens with one attached hydrogen (secondary N) is 1. The predicted molar refractivity (Wildman–Crippen MR) is 102 cm³/mol. The molecule has 1 aromatic heterocycles. The maximum absolute atomic E-state index is 12.3. The van der Waals surface area contributed by atoms with Gasteiger partial charge in [0.05, 0.1) is 12.3 Å². The van der Waals surface area contributed by atoms with Crippen LogP contribution in [-0.2, 0) is 22.4 Å². The maximum Gasteiger partial charge on any atom is 0.348 e. The fraction of sp³-hybridized carbons (Fsp3) is 0.400. The number of thiophene rings is 1. The second-order valence-corrected chi connectivity index (χ2v) is 7.60. The number of anilines is 1. The predicted octanol–water partition coefficient (Wildman–Crippen LogP) is 4.07. The minimum absolute atomic E-state index is 0.321. The van der Waals surface area contributed by atoms with Gasteiger partial charge in [-0.05, 0) is 55.9 Å². The van der Waals surface area contributed by atoms with Crippen molar-refractivity contribution in [1.29, 1.82) is 0 Å². The first-order chi connectivity index (χ1) is 12.6. The van der Waals surface area contributed by atoms with Crippen LogP contribution >= 0.6 is 11.3 Å². The highest BCUT2D eigenvalue weighted by molar-refractivity contribution is 7.14. The van der Waals surface area contributed by atoms with Gasteiger partial charge in [-0.25, -0.2) is 4.79 Å². The highest BCUT2D eigenvalue weighted by atomic mass is 32.1. The second-order valence-electron chi connectivity index (χ2n) is 6.46. The van der Waals surface area contributed by atoms with Crippen molar-refractivity contribution in [3.05, 3.63) is 45.6 Å². The van der Waals surface area contributed by atoms with E-state index in [1.807, 2.05) is 19.1 Å². The van der Waals surface area contributed by atoms with E-state index in [-0.39, 0.29) is 12.5 Å². The number of aryl methyl sites for hydroxylation is 1. The standard InChI is InChI=1S/C20H23NO4S/c1-3-24-16-7-5-4-6-15(16)21-19(22)12-25-20(23)18-11-14-10-13(2)8-9-17(14)26-18/h4-7,11,13H,3,8-10,12H2,1-2H3,(H,21,22). The molecule has 5 nitrogen and oxygen atoms in total. The van der Waals surface area contributed by atoms with Crippen LogP contribution in [0, 0.1) is 5.92 Å². The van der Waals surface area contributed by atoms with Crippen molar-refractivity contribution < 1.29 is 19.1 Å². The number of rotatable bonds is 6. The molecular weight excluding hydrogens is 350 g/mol. The van der Waals surface area contributed by atoms with Gasteiger partial charge in [0.1, 0.15) is 10.6 Å². The number of hydrogen-bond donors (Lipinski definition) is 1. The summed E-state index contributed by atoms with van der Waals surface area (Å²) in [6.07, 6.45) is 3.18. The van der Waals surface area contributed by atoms with Crippen molar-refractivity contribution in [2.75, 3.05) is 18.5 Å². The Hall–Kier alpha value is -2.34. The molecular formula is C20H23NO4S. The summed E-state index contributed by atoms with van der Waals surface area (Å²) in [4.78, 5) is 26.2. The van der Waals surface area contributed by atoms with E-state index in [9.17, 15) is 9.59 Å². The normalized spacial score (nSPS) is 15.8. The van der Waals surface area contributed by atoms with Gasteiger partial charge in [-0.1, -0.05) is 19.1 Å². The van der Waals surface area contributed by atoms with Crippen LogP contribution in [0.4, 0.5) is 5.69 Å². The van der Waals surface area contributed by atoms with Crippen molar-refractivity contribution in [2.24, 2.45) is 5.92 Å². The zero-order valence-electron chi connectivity index (χ0n) is 15.0. The molecule has 0 bridgehead atoms. The lowest BCUT2D eigenvalue weighted by atomic mass is 9.90. The third-order valence-electron chi connectivity index (χ3n) is 4.33. The van der Waals surface area contributed by atoms with E-state index in [2.05, 4.69) is 12.2 Å². The van der Waals surface area contributed by atoms with Crippen LogP contribution in [-0.4, -0.2) is 25.1 Å². The summed E-state index contributed by atoms with van der Waals surface area (Å²) in [5, 5.41) is 2.72. The minimum Gasteiger partial charge on any atom is -0.492 e. The van der Waals surface area contributed by atoms with Gasteiger partial charge in [0.15, 0.2) is 6.61 Å². The highest BCUT2D eigenvalue weighted by Gasteiger charge is 2.21. The number of esters is 1. The third kappa shape index (κ3) is 4.43. The first-order valence-electron chi connectivity index (χ1n) is 8.87. The van der Waals surface area contributed by atoms with Gasteiger partial charge >= 0.3 is 5.97 Å². The van der Waals surface area contributed by atoms with Gasteiger partial charge in [-0.2, -0.15) is 0 Å².